The molecule has 0 fully saturated rings. The Bertz CT molecular complexity index is 835. The molecule has 1 aromatic carbocycles. The quantitative estimate of drug-likeness (QED) is 0.683. The van der Waals surface area contributed by atoms with Crippen LogP contribution in [0.1, 0.15) is 30.4 Å². The summed E-state index contributed by atoms with van der Waals surface area (Å²) in [5.74, 6) is 0.804. The number of anilines is 1. The molecule has 0 saturated heterocycles. The minimum Gasteiger partial charge on any atom is -0.312 e. The van der Waals surface area contributed by atoms with E-state index >= 15 is 0 Å². The molecule has 23 heavy (non-hydrogen) atoms. The van der Waals surface area contributed by atoms with E-state index in [-0.39, 0.29) is 23.8 Å². The summed E-state index contributed by atoms with van der Waals surface area (Å²) >= 11 is 7.74. The van der Waals surface area contributed by atoms with Gasteiger partial charge in [0, 0.05) is 24.4 Å². The van der Waals surface area contributed by atoms with E-state index in [2.05, 4.69) is 10.3 Å². The molecular weight excluding hydrogens is 334 g/mol. The second kappa shape index (κ2) is 6.37. The third kappa shape index (κ3) is 2.88. The van der Waals surface area contributed by atoms with Crippen LogP contribution in [0.5, 0.6) is 0 Å². The minimum absolute atomic E-state index is 0.129. The molecule has 2 aromatic rings. The van der Waals surface area contributed by atoms with Crippen molar-refractivity contribution < 1.29 is 4.79 Å². The van der Waals surface area contributed by atoms with E-state index in [0.29, 0.717) is 21.6 Å². The standard InChI is InChI=1S/C16H16ClN3O2S/c1-3-23-16-19-15(22)13-10(9-6-4-5-7-11(9)17)8-12(21)18-14(13)20(16)2/h4-7,10H,3,8H2,1-2H3,(H,18,21)/t10-/m1/s1. The summed E-state index contributed by atoms with van der Waals surface area (Å²) in [6.45, 7) is 1.99. The van der Waals surface area contributed by atoms with E-state index in [1.165, 1.54) is 11.8 Å². The maximum absolute atomic E-state index is 12.6. The molecule has 0 spiro atoms. The molecule has 5 nitrogen and oxygen atoms in total. The van der Waals surface area contributed by atoms with Crippen molar-refractivity contribution in [3.63, 3.8) is 0 Å². The van der Waals surface area contributed by atoms with Crippen LogP contribution in [0.3, 0.4) is 0 Å². The van der Waals surface area contributed by atoms with Crippen molar-refractivity contribution in [2.75, 3.05) is 11.1 Å². The van der Waals surface area contributed by atoms with E-state index in [1.807, 2.05) is 25.1 Å². The SMILES string of the molecule is CCSc1nc(=O)c2c(n1C)NC(=O)C[C@@H]2c1ccccc1Cl. The molecule has 7 heteroatoms. The van der Waals surface area contributed by atoms with Gasteiger partial charge < -0.3 is 9.88 Å². The minimum atomic E-state index is -0.376. The summed E-state index contributed by atoms with van der Waals surface area (Å²) in [7, 11) is 1.80. The van der Waals surface area contributed by atoms with Gasteiger partial charge in [-0.2, -0.15) is 4.98 Å². The van der Waals surface area contributed by atoms with E-state index in [9.17, 15) is 9.59 Å². The summed E-state index contributed by atoms with van der Waals surface area (Å²) < 4.78 is 1.77. The number of nitrogens with zero attached hydrogens (tertiary/aromatic N) is 2. The lowest BCUT2D eigenvalue weighted by molar-refractivity contribution is -0.116. The van der Waals surface area contributed by atoms with Crippen molar-refractivity contribution in [3.8, 4) is 0 Å². The summed E-state index contributed by atoms with van der Waals surface area (Å²) in [5.41, 5.74) is 0.972. The van der Waals surface area contributed by atoms with Gasteiger partial charge in [0.05, 0.1) is 5.56 Å². The number of hydrogen-bond donors (Lipinski definition) is 1. The molecule has 1 aliphatic rings. The van der Waals surface area contributed by atoms with Crippen LogP contribution in [0, 0.1) is 0 Å². The fourth-order valence-electron chi connectivity index (χ4n) is 2.82. The Morgan fingerprint density at radius 3 is 2.83 bits per heavy atom. The van der Waals surface area contributed by atoms with Gasteiger partial charge in [-0.15, -0.1) is 0 Å². The lowest BCUT2D eigenvalue weighted by Crippen LogP contribution is -2.33. The number of benzene rings is 1. The number of hydrogen-bond acceptors (Lipinski definition) is 4. The Kier molecular flexibility index (Phi) is 4.46. The molecule has 2 heterocycles. The fourth-order valence-corrected chi connectivity index (χ4v) is 3.77. The third-order valence-electron chi connectivity index (χ3n) is 3.85. The first-order chi connectivity index (χ1) is 11.0. The highest BCUT2D eigenvalue weighted by Crippen LogP contribution is 2.38. The summed E-state index contributed by atoms with van der Waals surface area (Å²) in [6, 6.07) is 7.30. The fraction of sp³-hybridized carbons (Fsp3) is 0.312. The largest absolute Gasteiger partial charge is 0.312 e. The number of halogens is 1. The Hall–Kier alpha value is -1.79. The molecule has 0 saturated carbocycles. The molecule has 0 bridgehead atoms. The molecule has 1 atom stereocenters. The number of aromatic nitrogens is 2. The predicted molar refractivity (Wildman–Crippen MR) is 92.4 cm³/mol. The summed E-state index contributed by atoms with van der Waals surface area (Å²) in [5, 5.41) is 3.96. The molecule has 3 rings (SSSR count). The second-order valence-electron chi connectivity index (χ2n) is 5.28. The molecule has 1 amide bonds. The van der Waals surface area contributed by atoms with Gasteiger partial charge in [-0.1, -0.05) is 48.5 Å². The maximum Gasteiger partial charge on any atom is 0.279 e. The van der Waals surface area contributed by atoms with Gasteiger partial charge in [0.15, 0.2) is 5.16 Å². The number of thioether (sulfide) groups is 1. The third-order valence-corrected chi connectivity index (χ3v) is 5.11. The van der Waals surface area contributed by atoms with Crippen LogP contribution in [0.4, 0.5) is 5.82 Å². The zero-order valence-corrected chi connectivity index (χ0v) is 14.4. The van der Waals surface area contributed by atoms with Crippen LogP contribution in [0.25, 0.3) is 0 Å². The Labute approximate surface area is 143 Å². The molecular formula is C16H16ClN3O2S. The summed E-state index contributed by atoms with van der Waals surface area (Å²) in [6.07, 6.45) is 0.188. The highest BCUT2D eigenvalue weighted by Gasteiger charge is 2.32. The lowest BCUT2D eigenvalue weighted by Gasteiger charge is -2.27. The van der Waals surface area contributed by atoms with Gasteiger partial charge in [-0.05, 0) is 17.4 Å². The lowest BCUT2D eigenvalue weighted by atomic mass is 9.87. The molecule has 1 aliphatic heterocycles. The number of carbonyl (C=O) groups excluding carboxylic acids is 1. The van der Waals surface area contributed by atoms with E-state index < -0.39 is 0 Å². The van der Waals surface area contributed by atoms with Gasteiger partial charge >= 0.3 is 0 Å². The van der Waals surface area contributed by atoms with E-state index in [4.69, 9.17) is 11.6 Å². The number of amides is 1. The van der Waals surface area contributed by atoms with E-state index in [0.717, 1.165) is 11.3 Å². The average molecular weight is 350 g/mol. The molecule has 0 aliphatic carbocycles. The van der Waals surface area contributed by atoms with Crippen LogP contribution in [-0.4, -0.2) is 21.2 Å². The van der Waals surface area contributed by atoms with Crippen molar-refractivity contribution >= 4 is 35.1 Å². The van der Waals surface area contributed by atoms with Crippen molar-refractivity contribution in [2.24, 2.45) is 7.05 Å². The number of fused-ring (bicyclic) bond motifs is 1. The van der Waals surface area contributed by atoms with Gasteiger partial charge in [0.25, 0.3) is 5.56 Å². The molecule has 1 N–H and O–H groups in total. The van der Waals surface area contributed by atoms with Gasteiger partial charge in [-0.25, -0.2) is 0 Å². The number of rotatable bonds is 3. The monoisotopic (exact) mass is 349 g/mol. The maximum atomic E-state index is 12.6. The van der Waals surface area contributed by atoms with E-state index in [1.54, 1.807) is 17.7 Å². The topological polar surface area (TPSA) is 64.0 Å². The average Bonchev–Trinajstić information content (AvgIpc) is 2.52. The smallest absolute Gasteiger partial charge is 0.279 e. The molecule has 0 radical (unpaired) electrons. The van der Waals surface area contributed by atoms with Crippen molar-refractivity contribution in [1.29, 1.82) is 0 Å². The van der Waals surface area contributed by atoms with Crippen molar-refractivity contribution in [3.05, 3.63) is 50.8 Å². The Balaban J connectivity index is 2.23. The highest BCUT2D eigenvalue weighted by molar-refractivity contribution is 7.99. The summed E-state index contributed by atoms with van der Waals surface area (Å²) in [4.78, 5) is 28.9. The van der Waals surface area contributed by atoms with Crippen molar-refractivity contribution in [1.82, 2.24) is 9.55 Å². The van der Waals surface area contributed by atoms with Gasteiger partial charge in [0.2, 0.25) is 5.91 Å². The zero-order valence-electron chi connectivity index (χ0n) is 12.8. The number of carbonyl (C=O) groups is 1. The Morgan fingerprint density at radius 2 is 2.13 bits per heavy atom. The first-order valence-corrected chi connectivity index (χ1v) is 8.67. The normalized spacial score (nSPS) is 16.8. The Morgan fingerprint density at radius 1 is 1.39 bits per heavy atom. The second-order valence-corrected chi connectivity index (χ2v) is 6.92. The van der Waals surface area contributed by atoms with Gasteiger partial charge in [-0.3, -0.25) is 9.59 Å². The van der Waals surface area contributed by atoms with Gasteiger partial charge in [0.1, 0.15) is 5.82 Å². The first-order valence-electron chi connectivity index (χ1n) is 7.31. The molecule has 120 valence electrons. The van der Waals surface area contributed by atoms with Crippen molar-refractivity contribution in [2.45, 2.75) is 24.4 Å². The zero-order chi connectivity index (χ0) is 16.6. The van der Waals surface area contributed by atoms with Crippen LogP contribution in [0.15, 0.2) is 34.2 Å². The molecule has 1 aromatic heterocycles. The van der Waals surface area contributed by atoms with Crippen LogP contribution >= 0.6 is 23.4 Å². The number of nitrogens with one attached hydrogen (secondary N) is 1. The van der Waals surface area contributed by atoms with Crippen LogP contribution in [0.2, 0.25) is 5.02 Å². The first kappa shape index (κ1) is 16.1. The highest BCUT2D eigenvalue weighted by atomic mass is 35.5. The predicted octanol–water partition coefficient (Wildman–Crippen LogP) is 3.02. The van der Waals surface area contributed by atoms with Crippen LogP contribution in [-0.2, 0) is 11.8 Å². The molecule has 0 unspecified atom stereocenters. The van der Waals surface area contributed by atoms with Crippen LogP contribution < -0.4 is 10.9 Å².